The summed E-state index contributed by atoms with van der Waals surface area (Å²) >= 11 is 0. The largest absolute Gasteiger partial charge is 0.424 e. The quantitative estimate of drug-likeness (QED) is 0.805. The molecule has 0 aliphatic heterocycles. The van der Waals surface area contributed by atoms with E-state index in [1.54, 1.807) is 0 Å². The zero-order chi connectivity index (χ0) is 16.0. The fourth-order valence-electron chi connectivity index (χ4n) is 1.93. The minimum absolute atomic E-state index is 0.0351. The molecule has 2 aromatic rings. The van der Waals surface area contributed by atoms with Gasteiger partial charge in [0.25, 0.3) is 0 Å². The van der Waals surface area contributed by atoms with Crippen LogP contribution in [-0.2, 0) is 23.0 Å². The Morgan fingerprint density at radius 1 is 1.18 bits per heavy atom. The van der Waals surface area contributed by atoms with E-state index in [1.807, 2.05) is 44.2 Å². The molecule has 7 heteroatoms. The fraction of sp³-hybridized carbons (Fsp3) is 0.467. The van der Waals surface area contributed by atoms with Gasteiger partial charge in [-0.25, -0.2) is 13.1 Å². The van der Waals surface area contributed by atoms with Crippen LogP contribution in [0.3, 0.4) is 0 Å². The predicted molar refractivity (Wildman–Crippen MR) is 83.8 cm³/mol. The van der Waals surface area contributed by atoms with Crippen molar-refractivity contribution in [1.29, 1.82) is 0 Å². The van der Waals surface area contributed by atoms with Crippen molar-refractivity contribution in [3.63, 3.8) is 0 Å². The second kappa shape index (κ2) is 7.51. The first-order valence-corrected chi connectivity index (χ1v) is 8.95. The Balaban J connectivity index is 1.78. The number of hydrogen-bond acceptors (Lipinski definition) is 5. The lowest BCUT2D eigenvalue weighted by atomic mass is 10.1. The standard InChI is InChI=1S/C15H21N3O3S/c1-12(2)15-18-17-14(21-15)11-16-22(19,20)10-6-9-13-7-4-3-5-8-13/h3-5,7-8,12,16H,6,9-11H2,1-2H3. The Kier molecular flexibility index (Phi) is 5.68. The summed E-state index contributed by atoms with van der Waals surface area (Å²) in [7, 11) is -3.34. The number of nitrogens with zero attached hydrogens (tertiary/aromatic N) is 2. The van der Waals surface area contributed by atoms with Crippen LogP contribution < -0.4 is 4.72 Å². The molecule has 0 bridgehead atoms. The molecule has 1 heterocycles. The molecule has 0 fully saturated rings. The Bertz CT molecular complexity index is 681. The average Bonchev–Trinajstić information content (AvgIpc) is 2.95. The third-order valence-corrected chi connectivity index (χ3v) is 4.55. The molecule has 1 aromatic heterocycles. The number of hydrogen-bond donors (Lipinski definition) is 1. The summed E-state index contributed by atoms with van der Waals surface area (Å²) in [5.41, 5.74) is 1.14. The van der Waals surface area contributed by atoms with Crippen molar-refractivity contribution in [2.45, 2.75) is 39.2 Å². The maximum absolute atomic E-state index is 11.9. The molecule has 0 radical (unpaired) electrons. The van der Waals surface area contributed by atoms with Crippen LogP contribution in [-0.4, -0.2) is 24.4 Å². The van der Waals surface area contributed by atoms with Crippen molar-refractivity contribution in [1.82, 2.24) is 14.9 Å². The van der Waals surface area contributed by atoms with Crippen LogP contribution in [0.25, 0.3) is 0 Å². The topological polar surface area (TPSA) is 85.1 Å². The summed E-state index contributed by atoms with van der Waals surface area (Å²) in [5, 5.41) is 7.69. The van der Waals surface area contributed by atoms with E-state index >= 15 is 0 Å². The first-order valence-electron chi connectivity index (χ1n) is 7.30. The highest BCUT2D eigenvalue weighted by molar-refractivity contribution is 7.89. The first-order chi connectivity index (χ1) is 10.5. The van der Waals surface area contributed by atoms with Crippen molar-refractivity contribution in [2.75, 3.05) is 5.75 Å². The molecule has 0 unspecified atom stereocenters. The second-order valence-electron chi connectivity index (χ2n) is 5.42. The van der Waals surface area contributed by atoms with Crippen molar-refractivity contribution in [2.24, 2.45) is 0 Å². The van der Waals surface area contributed by atoms with Crippen molar-refractivity contribution < 1.29 is 12.8 Å². The highest BCUT2D eigenvalue weighted by Gasteiger charge is 2.14. The van der Waals surface area contributed by atoms with Gasteiger partial charge in [0.2, 0.25) is 21.8 Å². The summed E-state index contributed by atoms with van der Waals surface area (Å²) in [4.78, 5) is 0. The summed E-state index contributed by atoms with van der Waals surface area (Å²) in [6.45, 7) is 3.91. The molecule has 2 rings (SSSR count). The molecule has 0 atom stereocenters. The molecule has 0 spiro atoms. The van der Waals surface area contributed by atoms with Crippen molar-refractivity contribution in [3.8, 4) is 0 Å². The molecule has 120 valence electrons. The van der Waals surface area contributed by atoms with Crippen molar-refractivity contribution in [3.05, 3.63) is 47.7 Å². The lowest BCUT2D eigenvalue weighted by molar-refractivity contribution is 0.427. The van der Waals surface area contributed by atoms with Gasteiger partial charge in [0.1, 0.15) is 0 Å². The Morgan fingerprint density at radius 3 is 2.55 bits per heavy atom. The third kappa shape index (κ3) is 5.23. The van der Waals surface area contributed by atoms with Crippen LogP contribution in [0, 0.1) is 0 Å². The summed E-state index contributed by atoms with van der Waals surface area (Å²) in [6.07, 6.45) is 1.31. The number of nitrogens with one attached hydrogen (secondary N) is 1. The Morgan fingerprint density at radius 2 is 1.91 bits per heavy atom. The van der Waals surface area contributed by atoms with E-state index in [1.165, 1.54) is 0 Å². The lowest BCUT2D eigenvalue weighted by Gasteiger charge is -2.05. The predicted octanol–water partition coefficient (Wildman–Crippen LogP) is 2.25. The van der Waals surface area contributed by atoms with E-state index in [9.17, 15) is 8.42 Å². The van der Waals surface area contributed by atoms with E-state index in [4.69, 9.17) is 4.42 Å². The van der Waals surface area contributed by atoms with E-state index < -0.39 is 10.0 Å². The van der Waals surface area contributed by atoms with Crippen LogP contribution in [0.4, 0.5) is 0 Å². The summed E-state index contributed by atoms with van der Waals surface area (Å²) < 4.78 is 31.7. The van der Waals surface area contributed by atoms with Gasteiger partial charge < -0.3 is 4.42 Å². The number of rotatable bonds is 8. The molecular weight excluding hydrogens is 302 g/mol. The zero-order valence-electron chi connectivity index (χ0n) is 12.8. The van der Waals surface area contributed by atoms with E-state index in [-0.39, 0.29) is 24.1 Å². The Labute approximate surface area is 131 Å². The van der Waals surface area contributed by atoms with E-state index in [0.29, 0.717) is 12.3 Å². The molecule has 0 amide bonds. The van der Waals surface area contributed by atoms with Gasteiger partial charge in [-0.3, -0.25) is 0 Å². The number of aromatic nitrogens is 2. The number of aryl methyl sites for hydroxylation is 1. The number of benzene rings is 1. The van der Waals surface area contributed by atoms with Gasteiger partial charge >= 0.3 is 0 Å². The molecule has 0 aliphatic rings. The van der Waals surface area contributed by atoms with Crippen LogP contribution >= 0.6 is 0 Å². The van der Waals surface area contributed by atoms with Gasteiger partial charge in [-0.1, -0.05) is 44.2 Å². The van der Waals surface area contributed by atoms with Crippen LogP contribution in [0.2, 0.25) is 0 Å². The molecule has 0 aliphatic carbocycles. The number of sulfonamides is 1. The minimum Gasteiger partial charge on any atom is -0.424 e. The molecule has 1 aromatic carbocycles. The highest BCUT2D eigenvalue weighted by atomic mass is 32.2. The van der Waals surface area contributed by atoms with Crippen LogP contribution in [0.1, 0.15) is 43.5 Å². The van der Waals surface area contributed by atoms with Gasteiger partial charge in [0.15, 0.2) is 0 Å². The van der Waals surface area contributed by atoms with Gasteiger partial charge in [-0.05, 0) is 18.4 Å². The molecule has 1 N–H and O–H groups in total. The van der Waals surface area contributed by atoms with Gasteiger partial charge in [0, 0.05) is 5.92 Å². The van der Waals surface area contributed by atoms with Crippen LogP contribution in [0.5, 0.6) is 0 Å². The van der Waals surface area contributed by atoms with Gasteiger partial charge in [0.05, 0.1) is 12.3 Å². The summed E-state index contributed by atoms with van der Waals surface area (Å²) in [6, 6.07) is 9.82. The zero-order valence-corrected chi connectivity index (χ0v) is 13.6. The molecule has 6 nitrogen and oxygen atoms in total. The summed E-state index contributed by atoms with van der Waals surface area (Å²) in [5.74, 6) is 1.00. The van der Waals surface area contributed by atoms with Crippen LogP contribution in [0.15, 0.2) is 34.7 Å². The van der Waals surface area contributed by atoms with Crippen molar-refractivity contribution >= 4 is 10.0 Å². The highest BCUT2D eigenvalue weighted by Crippen LogP contribution is 2.12. The molecular formula is C15H21N3O3S. The van der Waals surface area contributed by atoms with E-state index in [2.05, 4.69) is 14.9 Å². The average molecular weight is 323 g/mol. The minimum atomic E-state index is -3.34. The molecule has 0 saturated carbocycles. The van der Waals surface area contributed by atoms with Gasteiger partial charge in [-0.2, -0.15) is 0 Å². The SMILES string of the molecule is CC(C)c1nnc(CNS(=O)(=O)CCCc2ccccc2)o1. The normalized spacial score (nSPS) is 12.0. The Hall–Kier alpha value is -1.73. The molecule has 22 heavy (non-hydrogen) atoms. The first kappa shape index (κ1) is 16.6. The van der Waals surface area contributed by atoms with Gasteiger partial charge in [-0.15, -0.1) is 10.2 Å². The second-order valence-corrected chi connectivity index (χ2v) is 7.34. The molecule has 0 saturated heterocycles. The lowest BCUT2D eigenvalue weighted by Crippen LogP contribution is -2.26. The smallest absolute Gasteiger partial charge is 0.231 e. The maximum atomic E-state index is 11.9. The fourth-order valence-corrected chi connectivity index (χ4v) is 2.94. The third-order valence-electron chi connectivity index (χ3n) is 3.14. The maximum Gasteiger partial charge on any atom is 0.231 e. The monoisotopic (exact) mass is 323 g/mol. The van der Waals surface area contributed by atoms with E-state index in [0.717, 1.165) is 12.0 Å².